The summed E-state index contributed by atoms with van der Waals surface area (Å²) in [6, 6.07) is 4.83. The third-order valence-corrected chi connectivity index (χ3v) is 2.83. The fourth-order valence-electron chi connectivity index (χ4n) is 1.81. The Labute approximate surface area is 109 Å². The van der Waals surface area contributed by atoms with Crippen LogP contribution in [0.1, 0.15) is 30.4 Å². The molecule has 0 aliphatic heterocycles. The van der Waals surface area contributed by atoms with E-state index in [1.54, 1.807) is 0 Å². The minimum Gasteiger partial charge on any atom is -0.441 e. The standard InChI is InChI=1S/C14H14F3NO/c1-3-4-12-9(2)18-13(19-12)10-5-7-11(8-6-10)14(15,16)17/h5-8H,3-4H2,1-2H3. The first-order valence-electron chi connectivity index (χ1n) is 6.05. The zero-order valence-corrected chi connectivity index (χ0v) is 10.7. The Morgan fingerprint density at radius 2 is 1.79 bits per heavy atom. The summed E-state index contributed by atoms with van der Waals surface area (Å²) >= 11 is 0. The van der Waals surface area contributed by atoms with Gasteiger partial charge in [-0.25, -0.2) is 4.98 Å². The number of nitrogens with zero attached hydrogens (tertiary/aromatic N) is 1. The van der Waals surface area contributed by atoms with Crippen molar-refractivity contribution in [3.63, 3.8) is 0 Å². The Kier molecular flexibility index (Phi) is 3.64. The molecule has 0 aliphatic carbocycles. The van der Waals surface area contributed by atoms with Crippen molar-refractivity contribution < 1.29 is 17.6 Å². The lowest BCUT2D eigenvalue weighted by atomic mass is 10.1. The monoisotopic (exact) mass is 269 g/mol. The van der Waals surface area contributed by atoms with Crippen LogP contribution in [0.3, 0.4) is 0 Å². The summed E-state index contributed by atoms with van der Waals surface area (Å²) < 4.78 is 42.9. The Hall–Kier alpha value is -1.78. The molecule has 1 aromatic heterocycles. The van der Waals surface area contributed by atoms with E-state index in [0.29, 0.717) is 11.5 Å². The number of aromatic nitrogens is 1. The molecule has 0 aliphatic rings. The molecule has 0 fully saturated rings. The molecule has 1 heterocycles. The van der Waals surface area contributed by atoms with Crippen molar-refractivity contribution in [1.29, 1.82) is 0 Å². The van der Waals surface area contributed by atoms with Crippen molar-refractivity contribution in [3.05, 3.63) is 41.3 Å². The Morgan fingerprint density at radius 1 is 1.16 bits per heavy atom. The summed E-state index contributed by atoms with van der Waals surface area (Å²) in [6.07, 6.45) is -2.61. The van der Waals surface area contributed by atoms with Crippen molar-refractivity contribution in [1.82, 2.24) is 4.98 Å². The lowest BCUT2D eigenvalue weighted by molar-refractivity contribution is -0.137. The largest absolute Gasteiger partial charge is 0.441 e. The molecule has 0 saturated carbocycles. The molecule has 0 N–H and O–H groups in total. The van der Waals surface area contributed by atoms with Gasteiger partial charge in [0.1, 0.15) is 5.76 Å². The van der Waals surface area contributed by atoms with E-state index in [1.807, 2.05) is 13.8 Å². The van der Waals surface area contributed by atoms with Gasteiger partial charge in [0.2, 0.25) is 5.89 Å². The lowest BCUT2D eigenvalue weighted by Gasteiger charge is -2.06. The highest BCUT2D eigenvalue weighted by Crippen LogP contribution is 2.31. The molecular weight excluding hydrogens is 255 g/mol. The fraction of sp³-hybridized carbons (Fsp3) is 0.357. The molecule has 0 saturated heterocycles. The van der Waals surface area contributed by atoms with E-state index in [2.05, 4.69) is 4.98 Å². The third kappa shape index (κ3) is 2.97. The molecule has 0 amide bonds. The third-order valence-electron chi connectivity index (χ3n) is 2.83. The van der Waals surface area contributed by atoms with Gasteiger partial charge in [0.25, 0.3) is 0 Å². The number of aryl methyl sites for hydroxylation is 2. The van der Waals surface area contributed by atoms with E-state index in [4.69, 9.17) is 4.42 Å². The molecule has 0 bridgehead atoms. The van der Waals surface area contributed by atoms with Gasteiger partial charge in [-0.15, -0.1) is 0 Å². The van der Waals surface area contributed by atoms with Gasteiger partial charge in [-0.3, -0.25) is 0 Å². The Bertz CT molecular complexity index is 555. The summed E-state index contributed by atoms with van der Waals surface area (Å²) in [5.41, 5.74) is 0.670. The van der Waals surface area contributed by atoms with Crippen LogP contribution in [0.25, 0.3) is 11.5 Å². The second kappa shape index (κ2) is 5.07. The lowest BCUT2D eigenvalue weighted by Crippen LogP contribution is -2.03. The number of rotatable bonds is 3. The molecule has 2 aromatic rings. The van der Waals surface area contributed by atoms with Crippen LogP contribution in [0.2, 0.25) is 0 Å². The van der Waals surface area contributed by atoms with Gasteiger partial charge in [0, 0.05) is 12.0 Å². The van der Waals surface area contributed by atoms with E-state index in [1.165, 1.54) is 12.1 Å². The number of oxazole rings is 1. The summed E-state index contributed by atoms with van der Waals surface area (Å²) in [5.74, 6) is 1.16. The molecule has 102 valence electrons. The van der Waals surface area contributed by atoms with Crippen LogP contribution in [-0.2, 0) is 12.6 Å². The van der Waals surface area contributed by atoms with Crippen molar-refractivity contribution >= 4 is 0 Å². The van der Waals surface area contributed by atoms with Gasteiger partial charge >= 0.3 is 6.18 Å². The van der Waals surface area contributed by atoms with E-state index >= 15 is 0 Å². The molecule has 1 aromatic carbocycles. The van der Waals surface area contributed by atoms with Crippen LogP contribution >= 0.6 is 0 Å². The van der Waals surface area contributed by atoms with Crippen LogP contribution in [0.4, 0.5) is 13.2 Å². The maximum Gasteiger partial charge on any atom is 0.416 e. The highest BCUT2D eigenvalue weighted by Gasteiger charge is 2.30. The molecule has 0 unspecified atom stereocenters. The second-order valence-electron chi connectivity index (χ2n) is 4.35. The van der Waals surface area contributed by atoms with Crippen LogP contribution in [0.15, 0.2) is 28.7 Å². The number of benzene rings is 1. The maximum absolute atomic E-state index is 12.5. The van der Waals surface area contributed by atoms with Gasteiger partial charge in [-0.1, -0.05) is 6.92 Å². The molecule has 2 rings (SSSR count). The van der Waals surface area contributed by atoms with E-state index < -0.39 is 11.7 Å². The minimum absolute atomic E-state index is 0.370. The first-order chi connectivity index (χ1) is 8.91. The van der Waals surface area contributed by atoms with Crippen molar-refractivity contribution in [3.8, 4) is 11.5 Å². The summed E-state index contributed by atoms with van der Waals surface area (Å²) in [7, 11) is 0. The number of hydrogen-bond acceptors (Lipinski definition) is 2. The summed E-state index contributed by atoms with van der Waals surface area (Å²) in [4.78, 5) is 4.24. The molecule has 2 nitrogen and oxygen atoms in total. The van der Waals surface area contributed by atoms with Gasteiger partial charge < -0.3 is 4.42 Å². The Balaban J connectivity index is 2.30. The van der Waals surface area contributed by atoms with E-state index in [0.717, 1.165) is 36.4 Å². The topological polar surface area (TPSA) is 26.0 Å². The van der Waals surface area contributed by atoms with Gasteiger partial charge in [-0.2, -0.15) is 13.2 Å². The molecular formula is C14H14F3NO. The van der Waals surface area contributed by atoms with Crippen molar-refractivity contribution in [2.75, 3.05) is 0 Å². The smallest absolute Gasteiger partial charge is 0.416 e. The van der Waals surface area contributed by atoms with E-state index in [-0.39, 0.29) is 0 Å². The predicted molar refractivity (Wildman–Crippen MR) is 65.7 cm³/mol. The average molecular weight is 269 g/mol. The molecule has 0 radical (unpaired) electrons. The van der Waals surface area contributed by atoms with Crippen LogP contribution < -0.4 is 0 Å². The highest BCUT2D eigenvalue weighted by molar-refractivity contribution is 5.54. The highest BCUT2D eigenvalue weighted by atomic mass is 19.4. The zero-order chi connectivity index (χ0) is 14.0. The number of alkyl halides is 3. The minimum atomic E-state index is -4.32. The quantitative estimate of drug-likeness (QED) is 0.812. The van der Waals surface area contributed by atoms with Gasteiger partial charge in [-0.05, 0) is 37.6 Å². The van der Waals surface area contributed by atoms with Crippen molar-refractivity contribution in [2.45, 2.75) is 32.9 Å². The number of hydrogen-bond donors (Lipinski definition) is 0. The SMILES string of the molecule is CCCc1oc(-c2ccc(C(F)(F)F)cc2)nc1C. The second-order valence-corrected chi connectivity index (χ2v) is 4.35. The normalized spacial score (nSPS) is 11.8. The van der Waals surface area contributed by atoms with Crippen LogP contribution in [0.5, 0.6) is 0 Å². The first kappa shape index (κ1) is 13.6. The van der Waals surface area contributed by atoms with Crippen LogP contribution in [-0.4, -0.2) is 4.98 Å². The Morgan fingerprint density at radius 3 is 2.32 bits per heavy atom. The summed E-state index contributed by atoms with van der Waals surface area (Å²) in [6.45, 7) is 3.86. The van der Waals surface area contributed by atoms with Crippen molar-refractivity contribution in [2.24, 2.45) is 0 Å². The van der Waals surface area contributed by atoms with Gasteiger partial charge in [0.05, 0.1) is 11.3 Å². The predicted octanol–water partition coefficient (Wildman–Crippen LogP) is 4.62. The number of halogens is 3. The molecule has 0 spiro atoms. The summed E-state index contributed by atoms with van der Waals surface area (Å²) in [5, 5.41) is 0. The van der Waals surface area contributed by atoms with E-state index in [9.17, 15) is 13.2 Å². The van der Waals surface area contributed by atoms with Gasteiger partial charge in [0.15, 0.2) is 0 Å². The fourth-order valence-corrected chi connectivity index (χ4v) is 1.81. The van der Waals surface area contributed by atoms with Crippen LogP contribution in [0, 0.1) is 6.92 Å². The maximum atomic E-state index is 12.5. The zero-order valence-electron chi connectivity index (χ0n) is 10.7. The first-order valence-corrected chi connectivity index (χ1v) is 6.05. The molecule has 19 heavy (non-hydrogen) atoms. The molecule has 5 heteroatoms. The average Bonchev–Trinajstić information content (AvgIpc) is 2.71. The molecule has 0 atom stereocenters.